The first kappa shape index (κ1) is 19.6. The van der Waals surface area contributed by atoms with Crippen LogP contribution in [0.3, 0.4) is 0 Å². The summed E-state index contributed by atoms with van der Waals surface area (Å²) in [7, 11) is 5.61. The summed E-state index contributed by atoms with van der Waals surface area (Å²) in [5, 5.41) is 0. The second-order valence-electron chi connectivity index (χ2n) is 7.31. The lowest BCUT2D eigenvalue weighted by atomic mass is 10.0. The Kier molecular flexibility index (Phi) is 7.07. The van der Waals surface area contributed by atoms with Crippen LogP contribution in [0.5, 0.6) is 11.5 Å². The molecule has 1 unspecified atom stereocenters. The topological polar surface area (TPSA) is 37.8 Å². The fourth-order valence-electron chi connectivity index (χ4n) is 3.81. The summed E-state index contributed by atoms with van der Waals surface area (Å²) in [6, 6.07) is 11.0. The van der Waals surface area contributed by atoms with Gasteiger partial charge in [0, 0.05) is 38.1 Å². The van der Waals surface area contributed by atoms with Crippen LogP contribution in [0.2, 0.25) is 0 Å². The number of benzene rings is 1. The molecule has 2 aromatic rings. The van der Waals surface area contributed by atoms with Gasteiger partial charge < -0.3 is 14.4 Å². The Bertz CT molecular complexity index is 708. The average Bonchev–Trinajstić information content (AvgIpc) is 2.72. The van der Waals surface area contributed by atoms with E-state index in [1.54, 1.807) is 14.2 Å². The minimum absolute atomic E-state index is 0.607. The predicted molar refractivity (Wildman–Crippen MR) is 108 cm³/mol. The number of likely N-dealkylation sites (tertiary alicyclic amines) is 1. The zero-order valence-corrected chi connectivity index (χ0v) is 16.7. The van der Waals surface area contributed by atoms with Gasteiger partial charge in [0.15, 0.2) is 11.5 Å². The molecule has 0 bridgehead atoms. The number of piperidine rings is 1. The molecule has 27 heavy (non-hydrogen) atoms. The monoisotopic (exact) mass is 369 g/mol. The van der Waals surface area contributed by atoms with Gasteiger partial charge in [-0.05, 0) is 62.2 Å². The third kappa shape index (κ3) is 5.44. The van der Waals surface area contributed by atoms with Crippen LogP contribution in [0, 0.1) is 0 Å². The largest absolute Gasteiger partial charge is 0.493 e. The van der Waals surface area contributed by atoms with Crippen molar-refractivity contribution >= 4 is 0 Å². The first-order valence-corrected chi connectivity index (χ1v) is 9.72. The van der Waals surface area contributed by atoms with E-state index in [4.69, 9.17) is 9.47 Å². The lowest BCUT2D eigenvalue weighted by molar-refractivity contribution is 0.112. The van der Waals surface area contributed by atoms with Crippen molar-refractivity contribution in [3.63, 3.8) is 0 Å². The number of likely N-dealkylation sites (N-methyl/N-ethyl adjacent to an activating group) is 1. The molecule has 0 spiro atoms. The molecule has 0 N–H and O–H groups in total. The highest BCUT2D eigenvalue weighted by Crippen LogP contribution is 2.28. The lowest BCUT2D eigenvalue weighted by Crippen LogP contribution is -2.46. The van der Waals surface area contributed by atoms with E-state index in [1.165, 1.54) is 30.5 Å². The standard InChI is InChI=1S/C22H31N3O2/c1-24(13-10-18-8-9-21(26-2)22(14-18)27-3)20-7-5-12-25(17-20)16-19-6-4-11-23-15-19/h4,6,8-9,11,14-15,20H,5,7,10,12-13,16-17H2,1-3H3. The van der Waals surface area contributed by atoms with Crippen molar-refractivity contribution in [2.75, 3.05) is 40.9 Å². The van der Waals surface area contributed by atoms with Crippen LogP contribution in [0.4, 0.5) is 0 Å². The molecule has 5 nitrogen and oxygen atoms in total. The highest BCUT2D eigenvalue weighted by Gasteiger charge is 2.23. The number of ether oxygens (including phenoxy) is 2. The van der Waals surface area contributed by atoms with Gasteiger partial charge in [0.05, 0.1) is 14.2 Å². The average molecular weight is 370 g/mol. The third-order valence-electron chi connectivity index (χ3n) is 5.43. The molecule has 0 radical (unpaired) electrons. The summed E-state index contributed by atoms with van der Waals surface area (Å²) in [4.78, 5) is 9.30. The highest BCUT2D eigenvalue weighted by molar-refractivity contribution is 5.42. The zero-order chi connectivity index (χ0) is 19.1. The molecule has 1 atom stereocenters. The number of pyridine rings is 1. The van der Waals surface area contributed by atoms with Crippen LogP contribution in [-0.4, -0.2) is 61.7 Å². The summed E-state index contributed by atoms with van der Waals surface area (Å²) < 4.78 is 10.7. The molecule has 1 aromatic heterocycles. The molecule has 3 rings (SSSR count). The molecular weight excluding hydrogens is 338 g/mol. The number of aromatic nitrogens is 1. The minimum atomic E-state index is 0.607. The Balaban J connectivity index is 1.52. The van der Waals surface area contributed by atoms with Crippen molar-refractivity contribution in [1.29, 1.82) is 0 Å². The van der Waals surface area contributed by atoms with Crippen molar-refractivity contribution in [1.82, 2.24) is 14.8 Å². The molecule has 2 heterocycles. The normalized spacial score (nSPS) is 17.9. The number of rotatable bonds is 8. The first-order valence-electron chi connectivity index (χ1n) is 9.72. The summed E-state index contributed by atoms with van der Waals surface area (Å²) in [6.07, 6.45) is 7.35. The molecule has 1 saturated heterocycles. The van der Waals surface area contributed by atoms with Crippen LogP contribution in [0.1, 0.15) is 24.0 Å². The van der Waals surface area contributed by atoms with Crippen molar-refractivity contribution in [3.05, 3.63) is 53.9 Å². The van der Waals surface area contributed by atoms with Crippen LogP contribution < -0.4 is 9.47 Å². The minimum Gasteiger partial charge on any atom is -0.493 e. The van der Waals surface area contributed by atoms with Gasteiger partial charge in [0.1, 0.15) is 0 Å². The van der Waals surface area contributed by atoms with Gasteiger partial charge in [0.2, 0.25) is 0 Å². The van der Waals surface area contributed by atoms with Crippen molar-refractivity contribution in [2.24, 2.45) is 0 Å². The van der Waals surface area contributed by atoms with Crippen LogP contribution in [0.25, 0.3) is 0 Å². The second-order valence-corrected chi connectivity index (χ2v) is 7.31. The maximum absolute atomic E-state index is 5.42. The van der Waals surface area contributed by atoms with E-state index in [-0.39, 0.29) is 0 Å². The Labute approximate surface area is 162 Å². The Morgan fingerprint density at radius 2 is 2.00 bits per heavy atom. The highest BCUT2D eigenvalue weighted by atomic mass is 16.5. The molecule has 1 fully saturated rings. The predicted octanol–water partition coefficient (Wildman–Crippen LogP) is 3.24. The molecule has 1 aliphatic heterocycles. The Hall–Kier alpha value is -2.11. The molecule has 5 heteroatoms. The van der Waals surface area contributed by atoms with Crippen molar-refractivity contribution < 1.29 is 9.47 Å². The number of hydrogen-bond donors (Lipinski definition) is 0. The molecule has 0 amide bonds. The lowest BCUT2D eigenvalue weighted by Gasteiger charge is -2.37. The van der Waals surface area contributed by atoms with Crippen LogP contribution in [-0.2, 0) is 13.0 Å². The van der Waals surface area contributed by atoms with E-state index >= 15 is 0 Å². The SMILES string of the molecule is COc1ccc(CCN(C)C2CCCN(Cc3cccnc3)C2)cc1OC. The van der Waals surface area contributed by atoms with E-state index in [2.05, 4.69) is 40.0 Å². The van der Waals surface area contributed by atoms with Gasteiger partial charge in [-0.3, -0.25) is 9.88 Å². The number of hydrogen-bond acceptors (Lipinski definition) is 5. The fourth-order valence-corrected chi connectivity index (χ4v) is 3.81. The van der Waals surface area contributed by atoms with Crippen LogP contribution in [0.15, 0.2) is 42.7 Å². The molecular formula is C22H31N3O2. The maximum Gasteiger partial charge on any atom is 0.160 e. The summed E-state index contributed by atoms with van der Waals surface area (Å²) >= 11 is 0. The molecule has 0 aliphatic carbocycles. The third-order valence-corrected chi connectivity index (χ3v) is 5.43. The smallest absolute Gasteiger partial charge is 0.160 e. The van der Waals surface area contributed by atoms with E-state index < -0.39 is 0 Å². The molecule has 0 saturated carbocycles. The Morgan fingerprint density at radius 1 is 1.15 bits per heavy atom. The van der Waals surface area contributed by atoms with Gasteiger partial charge in [-0.25, -0.2) is 0 Å². The van der Waals surface area contributed by atoms with E-state index in [0.717, 1.165) is 37.6 Å². The zero-order valence-electron chi connectivity index (χ0n) is 16.7. The molecule has 1 aliphatic rings. The van der Waals surface area contributed by atoms with E-state index in [1.807, 2.05) is 24.5 Å². The van der Waals surface area contributed by atoms with Gasteiger partial charge in [-0.1, -0.05) is 12.1 Å². The summed E-state index contributed by atoms with van der Waals surface area (Å²) in [5.41, 5.74) is 2.58. The quantitative estimate of drug-likeness (QED) is 0.714. The summed E-state index contributed by atoms with van der Waals surface area (Å²) in [5.74, 6) is 1.59. The van der Waals surface area contributed by atoms with Crippen molar-refractivity contribution in [2.45, 2.75) is 31.8 Å². The number of nitrogens with zero attached hydrogens (tertiary/aromatic N) is 3. The Morgan fingerprint density at radius 3 is 2.74 bits per heavy atom. The van der Waals surface area contributed by atoms with Crippen LogP contribution >= 0.6 is 0 Å². The van der Waals surface area contributed by atoms with E-state index in [9.17, 15) is 0 Å². The van der Waals surface area contributed by atoms with Gasteiger partial charge in [-0.15, -0.1) is 0 Å². The molecule has 1 aromatic carbocycles. The van der Waals surface area contributed by atoms with Gasteiger partial charge in [0.25, 0.3) is 0 Å². The van der Waals surface area contributed by atoms with Gasteiger partial charge in [-0.2, -0.15) is 0 Å². The maximum atomic E-state index is 5.42. The fraction of sp³-hybridized carbons (Fsp3) is 0.500. The van der Waals surface area contributed by atoms with E-state index in [0.29, 0.717) is 6.04 Å². The first-order chi connectivity index (χ1) is 13.2. The second kappa shape index (κ2) is 9.72. The van der Waals surface area contributed by atoms with Crippen molar-refractivity contribution in [3.8, 4) is 11.5 Å². The summed E-state index contributed by atoms with van der Waals surface area (Å²) in [6.45, 7) is 4.33. The molecule has 146 valence electrons. The number of methoxy groups -OCH3 is 2. The van der Waals surface area contributed by atoms with Gasteiger partial charge >= 0.3 is 0 Å².